The molecule has 0 aromatic heterocycles. The van der Waals surface area contributed by atoms with Crippen molar-refractivity contribution in [3.05, 3.63) is 29.6 Å². The van der Waals surface area contributed by atoms with Crippen LogP contribution in [0.25, 0.3) is 0 Å². The standard InChI is InChI=1S/C12H17FN2O/c1-16-12-3-2-10(13)6-9(12)7-15-11-4-5-14-8-11/h2-3,6,11,14-15H,4-5,7-8H2,1H3. The predicted molar refractivity (Wildman–Crippen MR) is 61.1 cm³/mol. The minimum atomic E-state index is -0.220. The van der Waals surface area contributed by atoms with Crippen LogP contribution in [-0.4, -0.2) is 26.2 Å². The summed E-state index contributed by atoms with van der Waals surface area (Å²) >= 11 is 0. The normalized spacial score (nSPS) is 20.0. The molecule has 1 aromatic rings. The van der Waals surface area contributed by atoms with Crippen LogP contribution in [0.1, 0.15) is 12.0 Å². The van der Waals surface area contributed by atoms with E-state index in [-0.39, 0.29) is 5.82 Å². The highest BCUT2D eigenvalue weighted by Gasteiger charge is 2.14. The van der Waals surface area contributed by atoms with Crippen LogP contribution in [0.4, 0.5) is 4.39 Å². The molecule has 4 heteroatoms. The molecule has 3 nitrogen and oxygen atoms in total. The number of hydrogen-bond donors (Lipinski definition) is 2. The van der Waals surface area contributed by atoms with Gasteiger partial charge in [0.1, 0.15) is 11.6 Å². The van der Waals surface area contributed by atoms with Gasteiger partial charge in [-0.15, -0.1) is 0 Å². The number of ether oxygens (including phenoxy) is 1. The second-order valence-electron chi connectivity index (χ2n) is 4.03. The molecule has 1 saturated heterocycles. The molecule has 2 rings (SSSR count). The fourth-order valence-electron chi connectivity index (χ4n) is 1.97. The maximum atomic E-state index is 13.1. The van der Waals surface area contributed by atoms with Gasteiger partial charge in [0.2, 0.25) is 0 Å². The van der Waals surface area contributed by atoms with Gasteiger partial charge in [-0.25, -0.2) is 4.39 Å². The third kappa shape index (κ3) is 2.71. The fourth-order valence-corrected chi connectivity index (χ4v) is 1.97. The molecule has 88 valence electrons. The molecule has 0 spiro atoms. The predicted octanol–water partition coefficient (Wildman–Crippen LogP) is 1.29. The molecule has 1 aliphatic rings. The lowest BCUT2D eigenvalue weighted by Crippen LogP contribution is -2.30. The summed E-state index contributed by atoms with van der Waals surface area (Å²) in [5.74, 6) is 0.516. The van der Waals surface area contributed by atoms with Crippen molar-refractivity contribution in [1.29, 1.82) is 0 Å². The lowest BCUT2D eigenvalue weighted by Gasteiger charge is -2.13. The van der Waals surface area contributed by atoms with Crippen molar-refractivity contribution < 1.29 is 9.13 Å². The summed E-state index contributed by atoms with van der Waals surface area (Å²) in [6.45, 7) is 2.68. The third-order valence-corrected chi connectivity index (χ3v) is 2.88. The maximum absolute atomic E-state index is 13.1. The summed E-state index contributed by atoms with van der Waals surface area (Å²) in [5, 5.41) is 6.67. The fraction of sp³-hybridized carbons (Fsp3) is 0.500. The lowest BCUT2D eigenvalue weighted by molar-refractivity contribution is 0.404. The van der Waals surface area contributed by atoms with E-state index in [0.29, 0.717) is 12.6 Å². The minimum absolute atomic E-state index is 0.220. The van der Waals surface area contributed by atoms with Gasteiger partial charge in [-0.1, -0.05) is 0 Å². The van der Waals surface area contributed by atoms with Crippen LogP contribution in [0.2, 0.25) is 0 Å². The first-order chi connectivity index (χ1) is 7.79. The number of halogens is 1. The molecule has 1 fully saturated rings. The van der Waals surface area contributed by atoms with Crippen LogP contribution >= 0.6 is 0 Å². The van der Waals surface area contributed by atoms with Crippen molar-refractivity contribution in [1.82, 2.24) is 10.6 Å². The zero-order valence-electron chi connectivity index (χ0n) is 9.42. The maximum Gasteiger partial charge on any atom is 0.123 e. The van der Waals surface area contributed by atoms with E-state index in [1.807, 2.05) is 0 Å². The van der Waals surface area contributed by atoms with Crippen LogP contribution < -0.4 is 15.4 Å². The Labute approximate surface area is 95.0 Å². The van der Waals surface area contributed by atoms with E-state index in [0.717, 1.165) is 30.8 Å². The molecule has 0 bridgehead atoms. The SMILES string of the molecule is COc1ccc(F)cc1CNC1CCNC1. The summed E-state index contributed by atoms with van der Waals surface area (Å²) in [7, 11) is 1.61. The number of methoxy groups -OCH3 is 1. The van der Waals surface area contributed by atoms with Crippen molar-refractivity contribution in [3.8, 4) is 5.75 Å². The first-order valence-corrected chi connectivity index (χ1v) is 5.56. The topological polar surface area (TPSA) is 33.3 Å². The van der Waals surface area contributed by atoms with Gasteiger partial charge in [-0.05, 0) is 31.2 Å². The molecule has 1 aliphatic heterocycles. The van der Waals surface area contributed by atoms with E-state index in [1.54, 1.807) is 13.2 Å². The molecule has 1 aromatic carbocycles. The summed E-state index contributed by atoms with van der Waals surface area (Å²) < 4.78 is 18.3. The van der Waals surface area contributed by atoms with Crippen molar-refractivity contribution in [3.63, 3.8) is 0 Å². The Morgan fingerprint density at radius 3 is 3.12 bits per heavy atom. The number of hydrogen-bond acceptors (Lipinski definition) is 3. The molecule has 2 N–H and O–H groups in total. The van der Waals surface area contributed by atoms with Crippen LogP contribution in [-0.2, 0) is 6.54 Å². The van der Waals surface area contributed by atoms with Crippen LogP contribution in [0, 0.1) is 5.82 Å². The van der Waals surface area contributed by atoms with Gasteiger partial charge in [-0.3, -0.25) is 0 Å². The summed E-state index contributed by atoms with van der Waals surface area (Å²) in [4.78, 5) is 0. The first kappa shape index (κ1) is 11.4. The van der Waals surface area contributed by atoms with Gasteiger partial charge in [0, 0.05) is 24.7 Å². The zero-order chi connectivity index (χ0) is 11.4. The Hall–Kier alpha value is -1.13. The zero-order valence-corrected chi connectivity index (χ0v) is 9.42. The summed E-state index contributed by atoms with van der Waals surface area (Å²) in [6.07, 6.45) is 1.12. The molecule has 0 aliphatic carbocycles. The van der Waals surface area contributed by atoms with Gasteiger partial charge in [0.15, 0.2) is 0 Å². The Balaban J connectivity index is 1.98. The van der Waals surface area contributed by atoms with Gasteiger partial charge >= 0.3 is 0 Å². The summed E-state index contributed by atoms with van der Waals surface area (Å²) in [6, 6.07) is 5.08. The number of rotatable bonds is 4. The van der Waals surface area contributed by atoms with Crippen LogP contribution in [0.5, 0.6) is 5.75 Å². The summed E-state index contributed by atoms with van der Waals surface area (Å²) in [5.41, 5.74) is 0.870. The van der Waals surface area contributed by atoms with Gasteiger partial charge in [0.05, 0.1) is 7.11 Å². The smallest absolute Gasteiger partial charge is 0.123 e. The van der Waals surface area contributed by atoms with Gasteiger partial charge in [0.25, 0.3) is 0 Å². The van der Waals surface area contributed by atoms with E-state index in [9.17, 15) is 4.39 Å². The third-order valence-electron chi connectivity index (χ3n) is 2.88. The average Bonchev–Trinajstić information content (AvgIpc) is 2.79. The molecule has 1 unspecified atom stereocenters. The van der Waals surface area contributed by atoms with E-state index >= 15 is 0 Å². The Morgan fingerprint density at radius 2 is 2.44 bits per heavy atom. The Morgan fingerprint density at radius 1 is 1.56 bits per heavy atom. The van der Waals surface area contributed by atoms with E-state index in [4.69, 9.17) is 4.74 Å². The van der Waals surface area contributed by atoms with Crippen molar-refractivity contribution in [2.24, 2.45) is 0 Å². The second-order valence-corrected chi connectivity index (χ2v) is 4.03. The molecule has 1 atom stereocenters. The average molecular weight is 224 g/mol. The largest absolute Gasteiger partial charge is 0.496 e. The van der Waals surface area contributed by atoms with Crippen molar-refractivity contribution in [2.75, 3.05) is 20.2 Å². The van der Waals surface area contributed by atoms with E-state index in [1.165, 1.54) is 12.1 Å². The molecular formula is C12H17FN2O. The van der Waals surface area contributed by atoms with E-state index < -0.39 is 0 Å². The van der Waals surface area contributed by atoms with Crippen LogP contribution in [0.3, 0.4) is 0 Å². The number of benzene rings is 1. The Kier molecular flexibility index (Phi) is 3.74. The minimum Gasteiger partial charge on any atom is -0.496 e. The highest BCUT2D eigenvalue weighted by molar-refractivity contribution is 5.33. The quantitative estimate of drug-likeness (QED) is 0.808. The highest BCUT2D eigenvalue weighted by Crippen LogP contribution is 2.19. The van der Waals surface area contributed by atoms with Crippen LogP contribution in [0.15, 0.2) is 18.2 Å². The first-order valence-electron chi connectivity index (χ1n) is 5.56. The molecular weight excluding hydrogens is 207 g/mol. The molecule has 0 amide bonds. The van der Waals surface area contributed by atoms with Crippen molar-refractivity contribution in [2.45, 2.75) is 19.0 Å². The van der Waals surface area contributed by atoms with Crippen molar-refractivity contribution >= 4 is 0 Å². The monoisotopic (exact) mass is 224 g/mol. The molecule has 1 heterocycles. The number of nitrogens with one attached hydrogen (secondary N) is 2. The lowest BCUT2D eigenvalue weighted by atomic mass is 10.1. The van der Waals surface area contributed by atoms with Gasteiger partial charge < -0.3 is 15.4 Å². The molecule has 0 saturated carbocycles. The highest BCUT2D eigenvalue weighted by atomic mass is 19.1. The molecule has 16 heavy (non-hydrogen) atoms. The van der Waals surface area contributed by atoms with Gasteiger partial charge in [-0.2, -0.15) is 0 Å². The molecule has 0 radical (unpaired) electrons. The Bertz CT molecular complexity index is 351. The second kappa shape index (κ2) is 5.27. The van der Waals surface area contributed by atoms with E-state index in [2.05, 4.69) is 10.6 Å².